The Morgan fingerprint density at radius 1 is 0.875 bits per heavy atom. The summed E-state index contributed by atoms with van der Waals surface area (Å²) < 4.78 is 0. The van der Waals surface area contributed by atoms with E-state index in [4.69, 9.17) is 0 Å². The fourth-order valence-electron chi connectivity index (χ4n) is 7.92. The van der Waals surface area contributed by atoms with E-state index in [1.54, 1.807) is 0 Å². The van der Waals surface area contributed by atoms with Crippen LogP contribution >= 0.6 is 0 Å². The Labute approximate surface area is 147 Å². The second kappa shape index (κ2) is 5.24. The Balaban J connectivity index is 1.79. The first kappa shape index (κ1) is 16.4. The molecule has 2 unspecified atom stereocenters. The van der Waals surface area contributed by atoms with Crippen molar-refractivity contribution in [1.82, 2.24) is 0 Å². The molecule has 24 heavy (non-hydrogen) atoms. The van der Waals surface area contributed by atoms with Gasteiger partial charge in [-0.05, 0) is 99.7 Å². The van der Waals surface area contributed by atoms with E-state index < -0.39 is 0 Å². The van der Waals surface area contributed by atoms with Gasteiger partial charge in [0.05, 0.1) is 23.0 Å². The molecule has 0 spiro atoms. The lowest BCUT2D eigenvalue weighted by atomic mass is 9.38. The summed E-state index contributed by atoms with van der Waals surface area (Å²) in [5.74, 6) is 5.47. The minimum atomic E-state index is -0.155. The van der Waals surface area contributed by atoms with Crippen LogP contribution in [0.5, 0.6) is 0 Å². The maximum absolute atomic E-state index is 10.0. The smallest absolute Gasteiger partial charge is 0.0692 e. The number of hydrogen-bond donors (Lipinski definition) is 0. The third-order valence-electron chi connectivity index (χ3n) is 9.37. The van der Waals surface area contributed by atoms with Crippen molar-refractivity contribution in [3.05, 3.63) is 0 Å². The van der Waals surface area contributed by atoms with Gasteiger partial charge in [-0.25, -0.2) is 0 Å². The standard InChI is InChI=1S/C22H32N2/c1-13-9-15-10-14(2)22(4,12-24)18-6-5-17-20(19(15)18)16(13)7-8-21(17,3)11-23/h13-20H,5-10H2,1-4H3/t13-,14+,15-,16+,17-,18-,19+,20+,21?,22?/m0/s1. The molecule has 0 amide bonds. The molecular weight excluding hydrogens is 292 g/mol. The molecule has 0 aromatic carbocycles. The van der Waals surface area contributed by atoms with E-state index in [1.165, 1.54) is 32.1 Å². The largest absolute Gasteiger partial charge is 0.198 e. The highest BCUT2D eigenvalue weighted by atomic mass is 14.7. The van der Waals surface area contributed by atoms with E-state index >= 15 is 0 Å². The summed E-state index contributed by atoms with van der Waals surface area (Å²) in [5, 5.41) is 19.9. The van der Waals surface area contributed by atoms with E-state index in [9.17, 15) is 10.5 Å². The van der Waals surface area contributed by atoms with Crippen molar-refractivity contribution >= 4 is 0 Å². The molecular formula is C22H32N2. The van der Waals surface area contributed by atoms with Crippen molar-refractivity contribution in [2.24, 2.45) is 58.2 Å². The van der Waals surface area contributed by atoms with Crippen molar-refractivity contribution < 1.29 is 0 Å². The van der Waals surface area contributed by atoms with E-state index in [2.05, 4.69) is 39.8 Å². The Morgan fingerprint density at radius 2 is 1.58 bits per heavy atom. The molecule has 4 aliphatic carbocycles. The topological polar surface area (TPSA) is 47.6 Å². The van der Waals surface area contributed by atoms with Gasteiger partial charge in [0.2, 0.25) is 0 Å². The van der Waals surface area contributed by atoms with Gasteiger partial charge in [0, 0.05) is 0 Å². The molecule has 4 aliphatic rings. The van der Waals surface area contributed by atoms with Crippen molar-refractivity contribution in [1.29, 1.82) is 10.5 Å². The predicted octanol–water partition coefficient (Wildman–Crippen LogP) is 5.41. The molecule has 2 nitrogen and oxygen atoms in total. The fourth-order valence-corrected chi connectivity index (χ4v) is 7.92. The summed E-state index contributed by atoms with van der Waals surface area (Å²) >= 11 is 0. The van der Waals surface area contributed by atoms with Crippen LogP contribution in [0, 0.1) is 80.8 Å². The summed E-state index contributed by atoms with van der Waals surface area (Å²) in [6.07, 6.45) is 7.28. The minimum absolute atomic E-state index is 0.125. The molecule has 130 valence electrons. The van der Waals surface area contributed by atoms with Gasteiger partial charge >= 0.3 is 0 Å². The molecule has 0 bridgehead atoms. The monoisotopic (exact) mass is 324 g/mol. The van der Waals surface area contributed by atoms with Gasteiger partial charge < -0.3 is 0 Å². The van der Waals surface area contributed by atoms with Crippen LogP contribution in [-0.4, -0.2) is 0 Å². The molecule has 0 saturated heterocycles. The van der Waals surface area contributed by atoms with Gasteiger partial charge in [0.25, 0.3) is 0 Å². The second-order valence-corrected chi connectivity index (χ2v) is 10.2. The van der Waals surface area contributed by atoms with E-state index in [0.717, 1.165) is 24.2 Å². The second-order valence-electron chi connectivity index (χ2n) is 10.2. The van der Waals surface area contributed by atoms with Crippen LogP contribution in [0.1, 0.15) is 66.2 Å². The Morgan fingerprint density at radius 3 is 2.25 bits per heavy atom. The van der Waals surface area contributed by atoms with Crippen LogP contribution in [-0.2, 0) is 0 Å². The minimum Gasteiger partial charge on any atom is -0.198 e. The summed E-state index contributed by atoms with van der Waals surface area (Å²) in [4.78, 5) is 0. The van der Waals surface area contributed by atoms with Crippen molar-refractivity contribution in [3.63, 3.8) is 0 Å². The van der Waals surface area contributed by atoms with Gasteiger partial charge in [0.15, 0.2) is 0 Å². The van der Waals surface area contributed by atoms with Crippen molar-refractivity contribution in [3.8, 4) is 12.1 Å². The molecule has 4 rings (SSSR count). The van der Waals surface area contributed by atoms with Gasteiger partial charge in [-0.15, -0.1) is 0 Å². The first-order valence-corrected chi connectivity index (χ1v) is 10.2. The molecule has 0 aliphatic heterocycles. The molecule has 4 saturated carbocycles. The van der Waals surface area contributed by atoms with Crippen LogP contribution in [0.15, 0.2) is 0 Å². The van der Waals surface area contributed by atoms with Crippen LogP contribution in [0.4, 0.5) is 0 Å². The number of nitrogens with zero attached hydrogens (tertiary/aromatic N) is 2. The van der Waals surface area contributed by atoms with Crippen LogP contribution in [0.25, 0.3) is 0 Å². The van der Waals surface area contributed by atoms with Gasteiger partial charge in [-0.1, -0.05) is 13.8 Å². The molecule has 0 heterocycles. The van der Waals surface area contributed by atoms with E-state index in [-0.39, 0.29) is 10.8 Å². The Bertz CT molecular complexity index is 612. The van der Waals surface area contributed by atoms with Crippen molar-refractivity contribution in [2.75, 3.05) is 0 Å². The number of hydrogen-bond acceptors (Lipinski definition) is 2. The van der Waals surface area contributed by atoms with Gasteiger partial charge in [-0.2, -0.15) is 10.5 Å². The third-order valence-corrected chi connectivity index (χ3v) is 9.37. The maximum Gasteiger partial charge on any atom is 0.0692 e. The maximum atomic E-state index is 10.0. The zero-order valence-corrected chi connectivity index (χ0v) is 15.8. The predicted molar refractivity (Wildman–Crippen MR) is 94.4 cm³/mol. The van der Waals surface area contributed by atoms with Gasteiger partial charge in [0.1, 0.15) is 0 Å². The molecule has 0 radical (unpaired) electrons. The zero-order chi connectivity index (χ0) is 17.3. The molecule has 0 N–H and O–H groups in total. The average molecular weight is 325 g/mol. The number of rotatable bonds is 0. The highest BCUT2D eigenvalue weighted by molar-refractivity contribution is 5.18. The average Bonchev–Trinajstić information content (AvgIpc) is 2.58. The number of nitriles is 2. The van der Waals surface area contributed by atoms with E-state index in [1.807, 2.05) is 0 Å². The normalized spacial score (nSPS) is 58.9. The summed E-state index contributed by atoms with van der Waals surface area (Å²) in [6, 6.07) is 5.49. The van der Waals surface area contributed by atoms with Crippen LogP contribution in [0.3, 0.4) is 0 Å². The lowest BCUT2D eigenvalue weighted by molar-refractivity contribution is -0.164. The first-order chi connectivity index (χ1) is 11.4. The molecule has 4 fully saturated rings. The fraction of sp³-hybridized carbons (Fsp3) is 0.909. The molecule has 2 heteroatoms. The SMILES string of the molecule is C[C@@H]1C[C@@H]2C[C@H](C)[C@H]3CCC(C)(C#N)[C@H]4CC[C@@H]([C@@H]2[C@H]34)C1(C)C#N. The highest BCUT2D eigenvalue weighted by Gasteiger charge is 2.63. The molecule has 0 aromatic heterocycles. The zero-order valence-electron chi connectivity index (χ0n) is 15.8. The molecule has 10 atom stereocenters. The lowest BCUT2D eigenvalue weighted by Crippen LogP contribution is -2.60. The molecule has 0 aromatic rings. The quantitative estimate of drug-likeness (QED) is 0.598. The summed E-state index contributed by atoms with van der Waals surface area (Å²) in [6.45, 7) is 9.28. The first-order valence-electron chi connectivity index (χ1n) is 10.2. The summed E-state index contributed by atoms with van der Waals surface area (Å²) in [7, 11) is 0. The Kier molecular flexibility index (Phi) is 3.59. The highest BCUT2D eigenvalue weighted by Crippen LogP contribution is 2.68. The lowest BCUT2D eigenvalue weighted by Gasteiger charge is -2.65. The Hall–Kier alpha value is -1.02. The van der Waals surface area contributed by atoms with Gasteiger partial charge in [-0.3, -0.25) is 0 Å². The van der Waals surface area contributed by atoms with E-state index in [0.29, 0.717) is 29.6 Å². The summed E-state index contributed by atoms with van der Waals surface area (Å²) in [5.41, 5.74) is -0.280. The van der Waals surface area contributed by atoms with Crippen LogP contribution in [0.2, 0.25) is 0 Å². The van der Waals surface area contributed by atoms with Crippen molar-refractivity contribution in [2.45, 2.75) is 66.2 Å². The van der Waals surface area contributed by atoms with Crippen LogP contribution < -0.4 is 0 Å². The third kappa shape index (κ3) is 1.92.